The standard InChI is InChI=1S/C8H15N/c1-3-9(2)7-8-5-4-6-8/h7H,3-6H2,1-2H3. The van der Waals surface area contributed by atoms with Gasteiger partial charge in [-0.05, 0) is 32.4 Å². The summed E-state index contributed by atoms with van der Waals surface area (Å²) < 4.78 is 0. The largest absolute Gasteiger partial charge is 0.381 e. The molecule has 0 saturated heterocycles. The second-order valence-electron chi connectivity index (χ2n) is 2.71. The maximum Gasteiger partial charge on any atom is 0.0140 e. The van der Waals surface area contributed by atoms with Crippen LogP contribution in [0.1, 0.15) is 26.2 Å². The van der Waals surface area contributed by atoms with Crippen LogP contribution in [0.3, 0.4) is 0 Å². The third-order valence-electron chi connectivity index (χ3n) is 1.90. The van der Waals surface area contributed by atoms with Gasteiger partial charge in [0, 0.05) is 13.6 Å². The van der Waals surface area contributed by atoms with Gasteiger partial charge in [-0.25, -0.2) is 0 Å². The lowest BCUT2D eigenvalue weighted by Gasteiger charge is -2.20. The highest BCUT2D eigenvalue weighted by atomic mass is 15.1. The van der Waals surface area contributed by atoms with Crippen LogP contribution in [0.25, 0.3) is 0 Å². The molecule has 1 aliphatic rings. The van der Waals surface area contributed by atoms with Gasteiger partial charge in [0.25, 0.3) is 0 Å². The van der Waals surface area contributed by atoms with E-state index in [1.165, 1.54) is 19.3 Å². The van der Waals surface area contributed by atoms with E-state index in [4.69, 9.17) is 0 Å². The number of allylic oxidation sites excluding steroid dienone is 1. The van der Waals surface area contributed by atoms with Crippen molar-refractivity contribution < 1.29 is 0 Å². The maximum absolute atomic E-state index is 2.28. The molecule has 0 radical (unpaired) electrons. The Balaban J connectivity index is 2.27. The van der Waals surface area contributed by atoms with E-state index in [0.29, 0.717) is 0 Å². The zero-order valence-corrected chi connectivity index (χ0v) is 6.35. The van der Waals surface area contributed by atoms with Gasteiger partial charge in [0.2, 0.25) is 0 Å². The summed E-state index contributed by atoms with van der Waals surface area (Å²) in [6, 6.07) is 0. The molecule has 1 saturated carbocycles. The molecule has 0 aliphatic heterocycles. The van der Waals surface area contributed by atoms with Crippen molar-refractivity contribution in [3.63, 3.8) is 0 Å². The summed E-state index contributed by atoms with van der Waals surface area (Å²) in [5.41, 5.74) is 1.62. The molecular weight excluding hydrogens is 110 g/mol. The lowest BCUT2D eigenvalue weighted by molar-refractivity contribution is 0.465. The van der Waals surface area contributed by atoms with Gasteiger partial charge in [0.1, 0.15) is 0 Å². The summed E-state index contributed by atoms with van der Waals surface area (Å²) in [6.45, 7) is 3.30. The molecule has 1 aliphatic carbocycles. The second-order valence-corrected chi connectivity index (χ2v) is 2.71. The van der Waals surface area contributed by atoms with Gasteiger partial charge in [0.05, 0.1) is 0 Å². The molecule has 0 aromatic heterocycles. The average Bonchev–Trinajstić information content (AvgIpc) is 1.78. The highest BCUT2D eigenvalue weighted by Gasteiger charge is 2.07. The van der Waals surface area contributed by atoms with E-state index in [2.05, 4.69) is 25.1 Å². The average molecular weight is 125 g/mol. The SMILES string of the molecule is CCN(C)C=C1CCC1. The molecular formula is C8H15N. The van der Waals surface area contributed by atoms with Crippen LogP contribution in [0.5, 0.6) is 0 Å². The van der Waals surface area contributed by atoms with Crippen molar-refractivity contribution in [1.82, 2.24) is 4.90 Å². The van der Waals surface area contributed by atoms with Crippen LogP contribution in [-0.4, -0.2) is 18.5 Å². The van der Waals surface area contributed by atoms with E-state index in [9.17, 15) is 0 Å². The summed E-state index contributed by atoms with van der Waals surface area (Å²) in [4.78, 5) is 2.24. The van der Waals surface area contributed by atoms with Crippen molar-refractivity contribution in [2.75, 3.05) is 13.6 Å². The Bertz CT molecular complexity index is 110. The fourth-order valence-electron chi connectivity index (χ4n) is 0.913. The van der Waals surface area contributed by atoms with Crippen molar-refractivity contribution in [3.8, 4) is 0 Å². The molecule has 0 spiro atoms. The normalized spacial score (nSPS) is 16.9. The van der Waals surface area contributed by atoms with Crippen molar-refractivity contribution in [1.29, 1.82) is 0 Å². The fraction of sp³-hybridized carbons (Fsp3) is 0.750. The highest BCUT2D eigenvalue weighted by molar-refractivity contribution is 5.08. The van der Waals surface area contributed by atoms with Crippen LogP contribution in [0, 0.1) is 0 Å². The maximum atomic E-state index is 2.28. The Kier molecular flexibility index (Phi) is 2.15. The molecule has 1 rings (SSSR count). The summed E-state index contributed by atoms with van der Waals surface area (Å²) in [7, 11) is 2.13. The Hall–Kier alpha value is -0.460. The lowest BCUT2D eigenvalue weighted by atomic mass is 9.93. The van der Waals surface area contributed by atoms with Crippen LogP contribution < -0.4 is 0 Å². The lowest BCUT2D eigenvalue weighted by Crippen LogP contribution is -2.12. The van der Waals surface area contributed by atoms with Gasteiger partial charge < -0.3 is 4.90 Å². The molecule has 0 unspecified atom stereocenters. The number of hydrogen-bond donors (Lipinski definition) is 0. The minimum Gasteiger partial charge on any atom is -0.381 e. The first-order chi connectivity index (χ1) is 4.33. The molecule has 52 valence electrons. The monoisotopic (exact) mass is 125 g/mol. The minimum absolute atomic E-state index is 1.13. The molecule has 9 heavy (non-hydrogen) atoms. The fourth-order valence-corrected chi connectivity index (χ4v) is 0.913. The molecule has 0 bridgehead atoms. The van der Waals surface area contributed by atoms with Crippen molar-refractivity contribution >= 4 is 0 Å². The smallest absolute Gasteiger partial charge is 0.0140 e. The first kappa shape index (κ1) is 6.66. The Morgan fingerprint density at radius 3 is 2.56 bits per heavy atom. The topological polar surface area (TPSA) is 3.24 Å². The highest BCUT2D eigenvalue weighted by Crippen LogP contribution is 2.24. The summed E-state index contributed by atoms with van der Waals surface area (Å²) >= 11 is 0. The molecule has 1 nitrogen and oxygen atoms in total. The molecule has 0 aromatic rings. The first-order valence-electron chi connectivity index (χ1n) is 3.72. The first-order valence-corrected chi connectivity index (χ1v) is 3.72. The molecule has 0 atom stereocenters. The molecule has 1 fully saturated rings. The van der Waals surface area contributed by atoms with E-state index in [0.717, 1.165) is 6.54 Å². The van der Waals surface area contributed by atoms with Crippen LogP contribution in [0.15, 0.2) is 11.8 Å². The molecule has 0 aromatic carbocycles. The summed E-state index contributed by atoms with van der Waals surface area (Å²) in [5, 5.41) is 0. The van der Waals surface area contributed by atoms with Crippen molar-refractivity contribution in [2.24, 2.45) is 0 Å². The van der Waals surface area contributed by atoms with Gasteiger partial charge in [-0.15, -0.1) is 0 Å². The van der Waals surface area contributed by atoms with Crippen LogP contribution in [-0.2, 0) is 0 Å². The number of nitrogens with zero attached hydrogens (tertiary/aromatic N) is 1. The molecule has 0 amide bonds. The predicted octanol–water partition coefficient (Wildman–Crippen LogP) is 2.01. The Morgan fingerprint density at radius 2 is 2.22 bits per heavy atom. The van der Waals surface area contributed by atoms with Gasteiger partial charge in [-0.1, -0.05) is 5.57 Å². The van der Waals surface area contributed by atoms with E-state index < -0.39 is 0 Å². The van der Waals surface area contributed by atoms with E-state index >= 15 is 0 Å². The summed E-state index contributed by atoms with van der Waals surface area (Å²) in [5.74, 6) is 0. The van der Waals surface area contributed by atoms with E-state index in [1.807, 2.05) is 0 Å². The number of hydrogen-bond acceptors (Lipinski definition) is 1. The van der Waals surface area contributed by atoms with Gasteiger partial charge in [-0.3, -0.25) is 0 Å². The minimum atomic E-state index is 1.13. The van der Waals surface area contributed by atoms with Gasteiger partial charge in [-0.2, -0.15) is 0 Å². The molecule has 1 heteroatoms. The van der Waals surface area contributed by atoms with E-state index in [-0.39, 0.29) is 0 Å². The molecule has 0 N–H and O–H groups in total. The van der Waals surface area contributed by atoms with Gasteiger partial charge >= 0.3 is 0 Å². The van der Waals surface area contributed by atoms with Crippen LogP contribution >= 0.6 is 0 Å². The van der Waals surface area contributed by atoms with E-state index in [1.54, 1.807) is 5.57 Å². The second kappa shape index (κ2) is 2.90. The van der Waals surface area contributed by atoms with Crippen LogP contribution in [0.4, 0.5) is 0 Å². The zero-order chi connectivity index (χ0) is 6.69. The quantitative estimate of drug-likeness (QED) is 0.545. The third kappa shape index (κ3) is 1.74. The Morgan fingerprint density at radius 1 is 1.56 bits per heavy atom. The zero-order valence-electron chi connectivity index (χ0n) is 6.35. The predicted molar refractivity (Wildman–Crippen MR) is 40.2 cm³/mol. The molecule has 0 heterocycles. The van der Waals surface area contributed by atoms with Crippen molar-refractivity contribution in [3.05, 3.63) is 11.8 Å². The number of rotatable bonds is 2. The Labute approximate surface area is 57.4 Å². The van der Waals surface area contributed by atoms with Crippen molar-refractivity contribution in [2.45, 2.75) is 26.2 Å². The third-order valence-corrected chi connectivity index (χ3v) is 1.90. The summed E-state index contributed by atoms with van der Waals surface area (Å²) in [6.07, 6.45) is 6.36. The van der Waals surface area contributed by atoms with Crippen LogP contribution in [0.2, 0.25) is 0 Å². The van der Waals surface area contributed by atoms with Gasteiger partial charge in [0.15, 0.2) is 0 Å².